The molecule has 0 aromatic carbocycles. The van der Waals surface area contributed by atoms with Gasteiger partial charge < -0.3 is 64.5 Å². The summed E-state index contributed by atoms with van der Waals surface area (Å²) in [7, 11) is 0. The lowest BCUT2D eigenvalue weighted by atomic mass is 9.99. The van der Waals surface area contributed by atoms with Crippen LogP contribution >= 0.6 is 0 Å². The Bertz CT molecular complexity index is 727. The Morgan fingerprint density at radius 3 is 1.97 bits per heavy atom. The molecular weight excluding hydrogens is 496 g/mol. The van der Waals surface area contributed by atoms with Crippen LogP contribution in [0.1, 0.15) is 20.8 Å². The SMILES string of the molecule is CC(=O)O.CC(C)C(=O)OCC(=O)OC[C@H]1O[C@H](O[C@]2(CO)O[C@H](CO)[C@@H](O)[C@@H]2O)[C@H](O)[C@@H](O)[C@@H]1O. The number of hydrogen-bond donors (Lipinski definition) is 8. The van der Waals surface area contributed by atoms with Gasteiger partial charge in [0.1, 0.15) is 55.9 Å². The normalized spacial score (nSPS) is 36.1. The van der Waals surface area contributed by atoms with Crippen LogP contribution in [-0.2, 0) is 38.1 Å². The van der Waals surface area contributed by atoms with Crippen molar-refractivity contribution < 1.29 is 78.9 Å². The molecule has 36 heavy (non-hydrogen) atoms. The van der Waals surface area contributed by atoms with E-state index >= 15 is 0 Å². The number of aliphatic carboxylic acids is 1. The first-order valence-electron chi connectivity index (χ1n) is 10.9. The van der Waals surface area contributed by atoms with Crippen LogP contribution in [0, 0.1) is 5.92 Å². The Morgan fingerprint density at radius 2 is 1.50 bits per heavy atom. The maximum absolute atomic E-state index is 11.8. The monoisotopic (exact) mass is 530 g/mol. The maximum atomic E-state index is 11.8. The lowest BCUT2D eigenvalue weighted by molar-refractivity contribution is -0.383. The first kappa shape index (κ1) is 32.0. The van der Waals surface area contributed by atoms with Gasteiger partial charge in [0, 0.05) is 6.92 Å². The van der Waals surface area contributed by atoms with E-state index in [1.807, 2.05) is 0 Å². The van der Waals surface area contributed by atoms with Gasteiger partial charge in [-0.1, -0.05) is 13.8 Å². The number of carbonyl (C=O) groups excluding carboxylic acids is 2. The third-order valence-electron chi connectivity index (χ3n) is 5.10. The summed E-state index contributed by atoms with van der Waals surface area (Å²) in [5.41, 5.74) is 0. The zero-order valence-corrected chi connectivity index (χ0v) is 19.9. The number of carboxylic acids is 1. The fourth-order valence-corrected chi connectivity index (χ4v) is 3.13. The summed E-state index contributed by atoms with van der Waals surface area (Å²) in [4.78, 5) is 32.1. The van der Waals surface area contributed by atoms with E-state index in [0.29, 0.717) is 0 Å². The largest absolute Gasteiger partial charge is 0.481 e. The molecular formula is C20H34O16. The standard InChI is InChI=1S/C18H30O14.C2H4O2/c1-7(2)16(27)29-5-10(21)28-4-9-11(22)13(24)14(25)17(30-9)32-18(6-20)15(26)12(23)8(3-19)31-18;1-2(3)4/h7-9,11-15,17,19-20,22-26H,3-6H2,1-2H3;1H3,(H,3,4)/t8-,9-,11-,12-,13+,14-,15+,17-,18+;/m1./s1. The predicted octanol–water partition coefficient (Wildman–Crippen LogP) is -4.55. The van der Waals surface area contributed by atoms with Crippen molar-refractivity contribution in [3.05, 3.63) is 0 Å². The molecule has 0 amide bonds. The number of hydrogen-bond acceptors (Lipinski definition) is 15. The van der Waals surface area contributed by atoms with Crippen LogP contribution < -0.4 is 0 Å². The fraction of sp³-hybridized carbons (Fsp3) is 0.850. The number of ether oxygens (including phenoxy) is 5. The number of esters is 2. The second-order valence-electron chi connectivity index (χ2n) is 8.34. The maximum Gasteiger partial charge on any atom is 0.344 e. The van der Waals surface area contributed by atoms with Crippen LogP contribution in [-0.4, -0.2) is 140 Å². The van der Waals surface area contributed by atoms with Crippen molar-refractivity contribution in [1.82, 2.24) is 0 Å². The highest BCUT2D eigenvalue weighted by Gasteiger charge is 2.58. The van der Waals surface area contributed by atoms with Gasteiger partial charge in [0.05, 0.1) is 12.5 Å². The molecule has 0 aliphatic carbocycles. The van der Waals surface area contributed by atoms with Crippen LogP contribution in [0.15, 0.2) is 0 Å². The first-order valence-corrected chi connectivity index (χ1v) is 10.9. The van der Waals surface area contributed by atoms with Crippen LogP contribution in [0.3, 0.4) is 0 Å². The van der Waals surface area contributed by atoms with Crippen molar-refractivity contribution >= 4 is 17.9 Å². The third-order valence-corrected chi connectivity index (χ3v) is 5.10. The van der Waals surface area contributed by atoms with E-state index in [1.54, 1.807) is 13.8 Å². The van der Waals surface area contributed by atoms with Crippen molar-refractivity contribution in [2.75, 3.05) is 26.4 Å². The molecule has 9 atom stereocenters. The molecule has 2 aliphatic heterocycles. The minimum absolute atomic E-state index is 0.461. The summed E-state index contributed by atoms with van der Waals surface area (Å²) in [5, 5.41) is 76.9. The van der Waals surface area contributed by atoms with E-state index in [-0.39, 0.29) is 0 Å². The smallest absolute Gasteiger partial charge is 0.344 e. The molecule has 210 valence electrons. The van der Waals surface area contributed by atoms with Crippen molar-refractivity contribution in [1.29, 1.82) is 0 Å². The van der Waals surface area contributed by atoms with E-state index in [9.17, 15) is 45.3 Å². The molecule has 16 nitrogen and oxygen atoms in total. The van der Waals surface area contributed by atoms with E-state index in [1.165, 1.54) is 0 Å². The Hall–Kier alpha value is -1.99. The molecule has 0 aromatic heterocycles. The third kappa shape index (κ3) is 8.27. The zero-order valence-electron chi connectivity index (χ0n) is 19.9. The Morgan fingerprint density at radius 1 is 0.917 bits per heavy atom. The molecule has 8 N–H and O–H groups in total. The van der Waals surface area contributed by atoms with Crippen molar-refractivity contribution in [3.63, 3.8) is 0 Å². The molecule has 0 bridgehead atoms. The highest BCUT2D eigenvalue weighted by atomic mass is 16.8. The van der Waals surface area contributed by atoms with Crippen LogP contribution in [0.25, 0.3) is 0 Å². The minimum Gasteiger partial charge on any atom is -0.481 e. The summed E-state index contributed by atoms with van der Waals surface area (Å²) in [6, 6.07) is 0. The second kappa shape index (κ2) is 14.1. The summed E-state index contributed by atoms with van der Waals surface area (Å²) < 4.78 is 25.4. The quantitative estimate of drug-likeness (QED) is 0.130. The van der Waals surface area contributed by atoms with E-state index in [2.05, 4.69) is 0 Å². The average Bonchev–Trinajstić information content (AvgIpc) is 3.06. The van der Waals surface area contributed by atoms with Crippen molar-refractivity contribution in [2.45, 2.75) is 75.6 Å². The Labute approximate surface area is 205 Å². The minimum atomic E-state index is -2.33. The average molecular weight is 530 g/mol. The van der Waals surface area contributed by atoms with Gasteiger partial charge in [-0.25, -0.2) is 4.79 Å². The number of rotatable bonds is 9. The van der Waals surface area contributed by atoms with E-state index in [0.717, 1.165) is 6.92 Å². The van der Waals surface area contributed by atoms with Gasteiger partial charge in [0.25, 0.3) is 5.97 Å². The van der Waals surface area contributed by atoms with Crippen LogP contribution in [0.5, 0.6) is 0 Å². The number of aliphatic hydroxyl groups excluding tert-OH is 7. The zero-order chi connectivity index (χ0) is 27.8. The van der Waals surface area contributed by atoms with Gasteiger partial charge in [-0.15, -0.1) is 0 Å². The fourth-order valence-electron chi connectivity index (χ4n) is 3.13. The highest BCUT2D eigenvalue weighted by Crippen LogP contribution is 2.36. The van der Waals surface area contributed by atoms with Gasteiger partial charge in [-0.05, 0) is 0 Å². The van der Waals surface area contributed by atoms with Crippen LogP contribution in [0.2, 0.25) is 0 Å². The molecule has 0 spiro atoms. The van der Waals surface area contributed by atoms with Gasteiger partial charge in [0.15, 0.2) is 12.9 Å². The lowest BCUT2D eigenvalue weighted by Gasteiger charge is -2.43. The highest BCUT2D eigenvalue weighted by molar-refractivity contribution is 5.77. The van der Waals surface area contributed by atoms with Gasteiger partial charge in [-0.2, -0.15) is 0 Å². The Kier molecular flexibility index (Phi) is 12.5. The number of carboxylic acid groups (broad SMARTS) is 1. The number of carbonyl (C=O) groups is 3. The number of aliphatic hydroxyl groups is 7. The first-order chi connectivity index (χ1) is 16.7. The van der Waals surface area contributed by atoms with E-state index < -0.39 is 105 Å². The molecule has 0 unspecified atom stereocenters. The molecule has 0 radical (unpaired) electrons. The predicted molar refractivity (Wildman–Crippen MR) is 112 cm³/mol. The summed E-state index contributed by atoms with van der Waals surface area (Å²) >= 11 is 0. The molecule has 16 heteroatoms. The van der Waals surface area contributed by atoms with E-state index in [4.69, 9.17) is 33.6 Å². The van der Waals surface area contributed by atoms with Gasteiger partial charge in [0.2, 0.25) is 5.79 Å². The molecule has 2 saturated heterocycles. The molecule has 2 fully saturated rings. The van der Waals surface area contributed by atoms with Crippen molar-refractivity contribution in [3.8, 4) is 0 Å². The van der Waals surface area contributed by atoms with Gasteiger partial charge >= 0.3 is 11.9 Å². The van der Waals surface area contributed by atoms with Crippen LogP contribution in [0.4, 0.5) is 0 Å². The molecule has 0 aromatic rings. The molecule has 0 saturated carbocycles. The van der Waals surface area contributed by atoms with Crippen molar-refractivity contribution in [2.24, 2.45) is 5.92 Å². The Balaban J connectivity index is 0.00000150. The second-order valence-corrected chi connectivity index (χ2v) is 8.34. The molecule has 2 heterocycles. The van der Waals surface area contributed by atoms with Gasteiger partial charge in [-0.3, -0.25) is 9.59 Å². The lowest BCUT2D eigenvalue weighted by Crippen LogP contribution is -2.62. The summed E-state index contributed by atoms with van der Waals surface area (Å²) in [5.74, 6) is -5.22. The summed E-state index contributed by atoms with van der Waals surface area (Å²) in [6.45, 7) is 1.13. The topological polar surface area (TPSA) is 259 Å². The molecule has 2 rings (SSSR count). The summed E-state index contributed by atoms with van der Waals surface area (Å²) in [6.07, 6.45) is -13.6. The molecule has 2 aliphatic rings.